The van der Waals surface area contributed by atoms with Crippen molar-refractivity contribution in [3.63, 3.8) is 0 Å². The molecule has 6 nitrogen and oxygen atoms in total. The van der Waals surface area contributed by atoms with E-state index in [1.165, 1.54) is 135 Å². The van der Waals surface area contributed by atoms with Crippen molar-refractivity contribution in [2.75, 3.05) is 13.2 Å². The Morgan fingerprint density at radius 1 is 0.269 bits per heavy atom. The third kappa shape index (κ3) is 62.7. The number of esters is 3. The Hall–Kier alpha value is -4.19. The van der Waals surface area contributed by atoms with Gasteiger partial charge in [0.05, 0.1) is 0 Å². The van der Waals surface area contributed by atoms with E-state index in [0.717, 1.165) is 122 Å². The Labute approximate surface area is 482 Å². The lowest BCUT2D eigenvalue weighted by molar-refractivity contribution is -0.167. The van der Waals surface area contributed by atoms with E-state index in [1.54, 1.807) is 0 Å². The Bertz CT molecular complexity index is 1620. The van der Waals surface area contributed by atoms with E-state index in [-0.39, 0.29) is 31.1 Å². The number of unbranched alkanes of at least 4 members (excludes halogenated alkanes) is 27. The lowest BCUT2D eigenvalue weighted by Gasteiger charge is -2.18. The predicted octanol–water partition coefficient (Wildman–Crippen LogP) is 22.4. The summed E-state index contributed by atoms with van der Waals surface area (Å²) in [5, 5.41) is 0. The van der Waals surface area contributed by atoms with Crippen LogP contribution in [0.1, 0.15) is 297 Å². The molecule has 0 aromatic heterocycles. The minimum absolute atomic E-state index is 0.0827. The van der Waals surface area contributed by atoms with Gasteiger partial charge in [0, 0.05) is 19.3 Å². The first kappa shape index (κ1) is 73.8. The molecule has 0 spiro atoms. The first-order valence-corrected chi connectivity index (χ1v) is 32.5. The summed E-state index contributed by atoms with van der Waals surface area (Å²) in [5.74, 6) is -0.901. The van der Waals surface area contributed by atoms with Crippen LogP contribution in [0, 0.1) is 0 Å². The van der Waals surface area contributed by atoms with Gasteiger partial charge in [-0.1, -0.05) is 284 Å². The second-order valence-electron chi connectivity index (χ2n) is 21.3. The van der Waals surface area contributed by atoms with Crippen molar-refractivity contribution in [3.8, 4) is 0 Å². The van der Waals surface area contributed by atoms with E-state index < -0.39 is 6.10 Å². The molecule has 0 radical (unpaired) electrons. The van der Waals surface area contributed by atoms with E-state index >= 15 is 0 Å². The molecule has 0 heterocycles. The fourth-order valence-electron chi connectivity index (χ4n) is 8.84. The average Bonchev–Trinajstić information content (AvgIpc) is 3.44. The van der Waals surface area contributed by atoms with Crippen molar-refractivity contribution in [3.05, 3.63) is 122 Å². The zero-order valence-corrected chi connectivity index (χ0v) is 50.9. The van der Waals surface area contributed by atoms with Gasteiger partial charge < -0.3 is 14.2 Å². The predicted molar refractivity (Wildman–Crippen MR) is 339 cm³/mol. The molecule has 0 aromatic carbocycles. The molecule has 0 fully saturated rings. The minimum Gasteiger partial charge on any atom is -0.462 e. The summed E-state index contributed by atoms with van der Waals surface area (Å²) in [5.41, 5.74) is 0. The van der Waals surface area contributed by atoms with Crippen LogP contribution in [0.15, 0.2) is 122 Å². The van der Waals surface area contributed by atoms with Crippen LogP contribution in [0.25, 0.3) is 0 Å². The van der Waals surface area contributed by atoms with Gasteiger partial charge in [-0.15, -0.1) is 0 Å². The first-order valence-electron chi connectivity index (χ1n) is 32.5. The second-order valence-corrected chi connectivity index (χ2v) is 21.3. The maximum atomic E-state index is 12.8. The van der Waals surface area contributed by atoms with Gasteiger partial charge in [0.1, 0.15) is 13.2 Å². The first-order chi connectivity index (χ1) is 38.5. The molecule has 0 aliphatic heterocycles. The number of rotatable bonds is 58. The highest BCUT2D eigenvalue weighted by Crippen LogP contribution is 2.15. The second kappa shape index (κ2) is 65.3. The van der Waals surface area contributed by atoms with Crippen molar-refractivity contribution in [2.45, 2.75) is 303 Å². The van der Waals surface area contributed by atoms with E-state index in [2.05, 4.69) is 142 Å². The molecule has 78 heavy (non-hydrogen) atoms. The van der Waals surface area contributed by atoms with Gasteiger partial charge in [-0.2, -0.15) is 0 Å². The summed E-state index contributed by atoms with van der Waals surface area (Å²) in [6.07, 6.45) is 90.9. The smallest absolute Gasteiger partial charge is 0.306 e. The van der Waals surface area contributed by atoms with Gasteiger partial charge in [-0.25, -0.2) is 0 Å². The van der Waals surface area contributed by atoms with Crippen LogP contribution in [0.3, 0.4) is 0 Å². The molecule has 0 saturated carbocycles. The van der Waals surface area contributed by atoms with Gasteiger partial charge in [-0.3, -0.25) is 14.4 Å². The molecule has 0 bridgehead atoms. The quantitative estimate of drug-likeness (QED) is 0.0261. The van der Waals surface area contributed by atoms with Crippen molar-refractivity contribution in [1.82, 2.24) is 0 Å². The normalized spacial score (nSPS) is 12.9. The Balaban J connectivity index is 4.15. The van der Waals surface area contributed by atoms with Crippen LogP contribution >= 0.6 is 0 Å². The summed E-state index contributed by atoms with van der Waals surface area (Å²) < 4.78 is 16.8. The zero-order valence-electron chi connectivity index (χ0n) is 50.9. The molecule has 0 aliphatic rings. The SMILES string of the molecule is CC/C=C\C/C=C\C/C=C\C/C=C\C/C=C\C/C=C\C/C=C\C/C=C\C/C=C\CCCCCCCCCC(=O)OCC(COC(=O)CCCCCCCCC)OC(=O)CCCCCCCCC/C=C\CCCCCCCCC. The average molecular weight is 1080 g/mol. The molecule has 0 rings (SSSR count). The maximum Gasteiger partial charge on any atom is 0.306 e. The van der Waals surface area contributed by atoms with Gasteiger partial charge >= 0.3 is 17.9 Å². The molecular weight excluding hydrogens is 961 g/mol. The van der Waals surface area contributed by atoms with Crippen LogP contribution in [0.2, 0.25) is 0 Å². The van der Waals surface area contributed by atoms with Crippen LogP contribution in [0.4, 0.5) is 0 Å². The van der Waals surface area contributed by atoms with E-state index in [1.807, 2.05) is 0 Å². The molecule has 0 aliphatic carbocycles. The molecule has 6 heteroatoms. The lowest BCUT2D eigenvalue weighted by Crippen LogP contribution is -2.30. The Morgan fingerprint density at radius 3 is 0.795 bits per heavy atom. The number of allylic oxidation sites excluding steroid dienone is 20. The van der Waals surface area contributed by atoms with Crippen LogP contribution in [-0.4, -0.2) is 37.2 Å². The van der Waals surface area contributed by atoms with Gasteiger partial charge in [0.15, 0.2) is 6.10 Å². The number of carbonyl (C=O) groups excluding carboxylic acids is 3. The highest BCUT2D eigenvalue weighted by molar-refractivity contribution is 5.71. The van der Waals surface area contributed by atoms with Crippen LogP contribution in [0.5, 0.6) is 0 Å². The standard InChI is InChI=1S/C72H120O6/c1-4-7-10-13-16-18-20-22-24-26-28-29-30-31-32-33-34-35-36-37-38-39-40-41-42-43-44-46-47-49-51-53-56-59-62-65-71(74)77-68-69(67-76-70(73)64-61-58-55-15-12-9-6-3)78-72(75)66-63-60-57-54-52-50-48-45-27-25-23-21-19-17-14-11-8-5-2/h7,10,16,18,22,24-25,27-29,31-32,34-35,37-38,40-41,43-44,69H,4-6,8-9,11-15,17,19-21,23,26,30,33,36,39,42,45-68H2,1-3H3/b10-7-,18-16-,24-22-,27-25-,29-28-,32-31-,35-34-,38-37-,41-40-,44-43-. The summed E-state index contributed by atoms with van der Waals surface area (Å²) in [4.78, 5) is 38.1. The minimum atomic E-state index is -0.784. The van der Waals surface area contributed by atoms with Crippen molar-refractivity contribution < 1.29 is 28.6 Å². The third-order valence-corrected chi connectivity index (χ3v) is 13.7. The highest BCUT2D eigenvalue weighted by Gasteiger charge is 2.19. The molecule has 1 atom stereocenters. The van der Waals surface area contributed by atoms with E-state index in [9.17, 15) is 14.4 Å². The number of ether oxygens (including phenoxy) is 3. The molecule has 0 aromatic rings. The molecule has 0 amide bonds. The molecule has 444 valence electrons. The molecule has 0 N–H and O–H groups in total. The number of carbonyl (C=O) groups is 3. The lowest BCUT2D eigenvalue weighted by atomic mass is 10.1. The topological polar surface area (TPSA) is 78.9 Å². The Morgan fingerprint density at radius 2 is 0.500 bits per heavy atom. The van der Waals surface area contributed by atoms with E-state index in [4.69, 9.17) is 14.2 Å². The fraction of sp³-hybridized carbons (Fsp3) is 0.681. The molecular formula is C72H120O6. The number of hydrogen-bond acceptors (Lipinski definition) is 6. The number of hydrogen-bond donors (Lipinski definition) is 0. The summed E-state index contributed by atoms with van der Waals surface area (Å²) in [7, 11) is 0. The van der Waals surface area contributed by atoms with Crippen molar-refractivity contribution >= 4 is 17.9 Å². The maximum absolute atomic E-state index is 12.8. The molecule has 1 unspecified atom stereocenters. The van der Waals surface area contributed by atoms with Gasteiger partial charge in [0.2, 0.25) is 0 Å². The summed E-state index contributed by atoms with van der Waals surface area (Å²) >= 11 is 0. The molecule has 0 saturated heterocycles. The van der Waals surface area contributed by atoms with Crippen LogP contribution in [-0.2, 0) is 28.6 Å². The third-order valence-electron chi connectivity index (χ3n) is 13.7. The monoisotopic (exact) mass is 1080 g/mol. The summed E-state index contributed by atoms with van der Waals surface area (Å²) in [6.45, 7) is 6.48. The Kier molecular flexibility index (Phi) is 61.8. The van der Waals surface area contributed by atoms with Gasteiger partial charge in [-0.05, 0) is 116 Å². The highest BCUT2D eigenvalue weighted by atomic mass is 16.6. The fourth-order valence-corrected chi connectivity index (χ4v) is 8.84. The van der Waals surface area contributed by atoms with Crippen LogP contribution < -0.4 is 0 Å². The van der Waals surface area contributed by atoms with Crippen molar-refractivity contribution in [2.24, 2.45) is 0 Å². The van der Waals surface area contributed by atoms with E-state index in [0.29, 0.717) is 19.3 Å². The zero-order chi connectivity index (χ0) is 56.4. The van der Waals surface area contributed by atoms with Gasteiger partial charge in [0.25, 0.3) is 0 Å². The summed E-state index contributed by atoms with van der Waals surface area (Å²) in [6, 6.07) is 0. The van der Waals surface area contributed by atoms with Crippen molar-refractivity contribution in [1.29, 1.82) is 0 Å². The largest absolute Gasteiger partial charge is 0.462 e.